The summed E-state index contributed by atoms with van der Waals surface area (Å²) in [5, 5.41) is 3.41. The molecule has 2 saturated heterocycles. The Labute approximate surface area is 132 Å². The molecule has 122 valence electrons. The first-order chi connectivity index (χ1) is 10.8. The highest BCUT2D eigenvalue weighted by atomic mass is 16.5. The van der Waals surface area contributed by atoms with Crippen molar-refractivity contribution in [3.05, 3.63) is 12.4 Å². The topological polar surface area (TPSA) is 56.8 Å². The Kier molecular flexibility index (Phi) is 5.42. The van der Waals surface area contributed by atoms with Crippen LogP contribution in [0.4, 0.5) is 11.6 Å². The molecule has 0 saturated carbocycles. The number of ether oxygens (including phenoxy) is 1. The van der Waals surface area contributed by atoms with Gasteiger partial charge in [-0.1, -0.05) is 0 Å². The number of hydrogen-bond donors (Lipinski definition) is 1. The van der Waals surface area contributed by atoms with E-state index in [4.69, 9.17) is 4.74 Å². The molecule has 0 bridgehead atoms. The lowest BCUT2D eigenvalue weighted by molar-refractivity contribution is 0.0398. The first-order valence-electron chi connectivity index (χ1n) is 8.11. The number of hydrogen-bond acceptors (Lipinski definition) is 7. The van der Waals surface area contributed by atoms with E-state index in [0.29, 0.717) is 0 Å². The van der Waals surface area contributed by atoms with Crippen LogP contribution in [0.5, 0.6) is 0 Å². The van der Waals surface area contributed by atoms with E-state index >= 15 is 0 Å². The number of piperazine rings is 1. The van der Waals surface area contributed by atoms with Gasteiger partial charge in [-0.15, -0.1) is 0 Å². The molecule has 3 heterocycles. The average molecular weight is 306 g/mol. The van der Waals surface area contributed by atoms with Crippen LogP contribution in [0.2, 0.25) is 0 Å². The van der Waals surface area contributed by atoms with E-state index in [1.54, 1.807) is 6.33 Å². The zero-order chi connectivity index (χ0) is 15.2. The summed E-state index contributed by atoms with van der Waals surface area (Å²) in [5.74, 6) is 1.94. The predicted molar refractivity (Wildman–Crippen MR) is 87.5 cm³/mol. The van der Waals surface area contributed by atoms with Gasteiger partial charge in [0.25, 0.3) is 0 Å². The van der Waals surface area contributed by atoms with Gasteiger partial charge in [-0.25, -0.2) is 9.97 Å². The number of rotatable bonds is 5. The van der Waals surface area contributed by atoms with Crippen LogP contribution in [0, 0.1) is 0 Å². The molecule has 2 aliphatic heterocycles. The Morgan fingerprint density at radius 1 is 1.09 bits per heavy atom. The van der Waals surface area contributed by atoms with Crippen molar-refractivity contribution in [1.82, 2.24) is 19.8 Å². The first kappa shape index (κ1) is 15.5. The van der Waals surface area contributed by atoms with Gasteiger partial charge in [0.1, 0.15) is 18.0 Å². The number of aromatic nitrogens is 2. The molecule has 0 unspecified atom stereocenters. The summed E-state index contributed by atoms with van der Waals surface area (Å²) in [4.78, 5) is 15.8. The van der Waals surface area contributed by atoms with E-state index in [1.807, 2.05) is 0 Å². The molecular weight excluding hydrogens is 280 g/mol. The SMILES string of the molecule is CN1CCN(c2cc(NCCN3CCOCC3)ncn2)CC1. The second kappa shape index (κ2) is 7.71. The zero-order valence-corrected chi connectivity index (χ0v) is 13.4. The van der Waals surface area contributed by atoms with Crippen LogP contribution in [0.1, 0.15) is 0 Å². The molecule has 0 aromatic carbocycles. The summed E-state index contributed by atoms with van der Waals surface area (Å²) >= 11 is 0. The van der Waals surface area contributed by atoms with Gasteiger partial charge in [0.15, 0.2) is 0 Å². The molecule has 22 heavy (non-hydrogen) atoms. The molecule has 1 aromatic rings. The highest BCUT2D eigenvalue weighted by Crippen LogP contribution is 2.15. The van der Waals surface area contributed by atoms with E-state index in [2.05, 4.69) is 43.1 Å². The van der Waals surface area contributed by atoms with Crippen molar-refractivity contribution in [2.24, 2.45) is 0 Å². The van der Waals surface area contributed by atoms with Crippen LogP contribution < -0.4 is 10.2 Å². The molecule has 3 rings (SSSR count). The third-order valence-corrected chi connectivity index (χ3v) is 4.32. The molecule has 0 radical (unpaired) electrons. The minimum atomic E-state index is 0.848. The Morgan fingerprint density at radius 2 is 1.86 bits per heavy atom. The first-order valence-corrected chi connectivity index (χ1v) is 8.11. The quantitative estimate of drug-likeness (QED) is 0.820. The van der Waals surface area contributed by atoms with Crippen LogP contribution in [0.3, 0.4) is 0 Å². The maximum absolute atomic E-state index is 5.36. The van der Waals surface area contributed by atoms with E-state index in [1.165, 1.54) is 0 Å². The normalized spacial score (nSPS) is 21.0. The average Bonchev–Trinajstić information content (AvgIpc) is 2.57. The van der Waals surface area contributed by atoms with Crippen molar-refractivity contribution in [2.45, 2.75) is 0 Å². The molecule has 7 heteroatoms. The van der Waals surface area contributed by atoms with Crippen LogP contribution in [0.25, 0.3) is 0 Å². The van der Waals surface area contributed by atoms with Crippen LogP contribution >= 0.6 is 0 Å². The highest BCUT2D eigenvalue weighted by Gasteiger charge is 2.15. The molecule has 0 atom stereocenters. The predicted octanol–water partition coefficient (Wildman–Crippen LogP) is -0.0275. The Morgan fingerprint density at radius 3 is 2.64 bits per heavy atom. The van der Waals surface area contributed by atoms with Gasteiger partial charge in [-0.3, -0.25) is 4.90 Å². The summed E-state index contributed by atoms with van der Waals surface area (Å²) < 4.78 is 5.36. The third-order valence-electron chi connectivity index (χ3n) is 4.32. The summed E-state index contributed by atoms with van der Waals surface area (Å²) in [6.07, 6.45) is 1.66. The van der Waals surface area contributed by atoms with Crippen molar-refractivity contribution in [3.63, 3.8) is 0 Å². The van der Waals surface area contributed by atoms with Gasteiger partial charge >= 0.3 is 0 Å². The maximum atomic E-state index is 5.36. The molecule has 1 aromatic heterocycles. The molecule has 2 fully saturated rings. The van der Waals surface area contributed by atoms with Gasteiger partial charge in [-0.05, 0) is 7.05 Å². The van der Waals surface area contributed by atoms with Crippen LogP contribution in [0.15, 0.2) is 12.4 Å². The van der Waals surface area contributed by atoms with Crippen LogP contribution in [-0.2, 0) is 4.74 Å². The minimum absolute atomic E-state index is 0.848. The molecule has 0 aliphatic carbocycles. The fraction of sp³-hybridized carbons (Fsp3) is 0.733. The number of nitrogens with zero attached hydrogens (tertiary/aromatic N) is 5. The summed E-state index contributed by atoms with van der Waals surface area (Å²) in [5.41, 5.74) is 0. The Bertz CT molecular complexity index is 457. The molecule has 0 spiro atoms. The monoisotopic (exact) mass is 306 g/mol. The van der Waals surface area contributed by atoms with Gasteiger partial charge in [0.05, 0.1) is 13.2 Å². The Hall–Kier alpha value is -1.44. The molecular formula is C15H26N6O. The Balaban J connectivity index is 1.48. The van der Waals surface area contributed by atoms with E-state index in [9.17, 15) is 0 Å². The molecule has 2 aliphatic rings. The number of nitrogens with one attached hydrogen (secondary N) is 1. The van der Waals surface area contributed by atoms with E-state index < -0.39 is 0 Å². The summed E-state index contributed by atoms with van der Waals surface area (Å²) in [6.45, 7) is 9.91. The molecule has 7 nitrogen and oxygen atoms in total. The van der Waals surface area contributed by atoms with Crippen molar-refractivity contribution >= 4 is 11.6 Å². The van der Waals surface area contributed by atoms with Crippen LogP contribution in [-0.4, -0.2) is 92.4 Å². The molecule has 1 N–H and O–H groups in total. The van der Waals surface area contributed by atoms with Crippen molar-refractivity contribution in [2.75, 3.05) is 82.8 Å². The van der Waals surface area contributed by atoms with E-state index in [-0.39, 0.29) is 0 Å². The summed E-state index contributed by atoms with van der Waals surface area (Å²) in [6, 6.07) is 2.06. The van der Waals surface area contributed by atoms with Gasteiger partial charge in [0.2, 0.25) is 0 Å². The van der Waals surface area contributed by atoms with Gasteiger partial charge < -0.3 is 19.9 Å². The smallest absolute Gasteiger partial charge is 0.134 e. The lowest BCUT2D eigenvalue weighted by Gasteiger charge is -2.33. The van der Waals surface area contributed by atoms with Crippen molar-refractivity contribution < 1.29 is 4.74 Å². The fourth-order valence-electron chi connectivity index (χ4n) is 2.82. The second-order valence-corrected chi connectivity index (χ2v) is 5.93. The second-order valence-electron chi connectivity index (χ2n) is 5.93. The van der Waals surface area contributed by atoms with Gasteiger partial charge in [-0.2, -0.15) is 0 Å². The highest BCUT2D eigenvalue weighted by molar-refractivity contribution is 5.48. The number of anilines is 2. The largest absolute Gasteiger partial charge is 0.379 e. The van der Waals surface area contributed by atoms with Crippen molar-refractivity contribution in [3.8, 4) is 0 Å². The van der Waals surface area contributed by atoms with E-state index in [0.717, 1.165) is 77.2 Å². The lowest BCUT2D eigenvalue weighted by Crippen LogP contribution is -2.44. The standard InChI is InChI=1S/C15H26N6O/c1-19-4-6-21(7-5-19)15-12-14(17-13-18-15)16-2-3-20-8-10-22-11-9-20/h12-13H,2-11H2,1H3,(H,16,17,18). The summed E-state index contributed by atoms with van der Waals surface area (Å²) in [7, 11) is 2.16. The maximum Gasteiger partial charge on any atom is 0.134 e. The number of morpholine rings is 1. The van der Waals surface area contributed by atoms with Gasteiger partial charge in [0, 0.05) is 58.4 Å². The third kappa shape index (κ3) is 4.28. The molecule has 0 amide bonds. The minimum Gasteiger partial charge on any atom is -0.379 e. The lowest BCUT2D eigenvalue weighted by atomic mass is 10.3. The number of likely N-dealkylation sites (N-methyl/N-ethyl adjacent to an activating group) is 1. The van der Waals surface area contributed by atoms with Crippen molar-refractivity contribution in [1.29, 1.82) is 0 Å². The zero-order valence-electron chi connectivity index (χ0n) is 13.4. The fourth-order valence-corrected chi connectivity index (χ4v) is 2.82.